The zero-order chi connectivity index (χ0) is 16.7. The highest BCUT2D eigenvalue weighted by molar-refractivity contribution is 7.91. The molecule has 0 unspecified atom stereocenters. The molecule has 1 aromatic rings. The summed E-state index contributed by atoms with van der Waals surface area (Å²) in [7, 11) is -5.97. The molecule has 1 aromatic heterocycles. The van der Waals surface area contributed by atoms with Crippen LogP contribution in [0.25, 0.3) is 0 Å². The van der Waals surface area contributed by atoms with Gasteiger partial charge in [0, 0.05) is 16.5 Å². The molecule has 0 atom stereocenters. The van der Waals surface area contributed by atoms with Gasteiger partial charge in [-0.05, 0) is 31.0 Å². The second kappa shape index (κ2) is 5.73. The molecule has 1 heterocycles. The molecule has 0 aliphatic rings. The van der Waals surface area contributed by atoms with Gasteiger partial charge < -0.3 is 4.80 Å². The number of nitrogens with two attached hydrogens (primary N) is 1. The van der Waals surface area contributed by atoms with Crippen LogP contribution >= 0.6 is 11.3 Å². The van der Waals surface area contributed by atoms with E-state index in [1.807, 2.05) is 13.1 Å². The number of hydrogen-bond donors (Lipinski definition) is 2. The molecule has 122 valence electrons. The number of primary sulfonamides is 1. The van der Waals surface area contributed by atoms with E-state index in [0.29, 0.717) is 0 Å². The van der Waals surface area contributed by atoms with Gasteiger partial charge in [-0.25, -0.2) is 18.5 Å². The van der Waals surface area contributed by atoms with Crippen LogP contribution in [0.3, 0.4) is 0 Å². The summed E-state index contributed by atoms with van der Waals surface area (Å²) >= 11 is 1.13. The molecule has 0 amide bonds. The van der Waals surface area contributed by atoms with Gasteiger partial charge in [-0.2, -0.15) is 0 Å². The highest BCUT2D eigenvalue weighted by Crippen LogP contribution is 2.44. The largest absolute Gasteiger partial charge is 0.432 e. The predicted molar refractivity (Wildman–Crippen MR) is 89.5 cm³/mol. The minimum atomic E-state index is -3.73. The number of nitrogens with zero attached hydrogens (tertiary/aromatic N) is 1. The predicted octanol–water partition coefficient (Wildman–Crippen LogP) is 2.83. The molecule has 0 radical (unpaired) electrons. The normalized spacial score (nSPS) is 14.5. The quantitative estimate of drug-likeness (QED) is 0.771. The van der Waals surface area contributed by atoms with Crippen LogP contribution in [-0.4, -0.2) is 26.5 Å². The monoisotopic (exact) mass is 350 g/mol. The van der Waals surface area contributed by atoms with E-state index in [-0.39, 0.29) is 14.8 Å². The smallest absolute Gasteiger partial charge is 0.265 e. The Bertz CT molecular complexity index is 601. The average Bonchev–Trinajstić information content (AvgIpc) is 2.74. The van der Waals surface area contributed by atoms with Crippen molar-refractivity contribution in [1.29, 1.82) is 0 Å². The first kappa shape index (κ1) is 18.8. The first-order valence-electron chi connectivity index (χ1n) is 6.88. The van der Waals surface area contributed by atoms with E-state index < -0.39 is 18.3 Å². The summed E-state index contributed by atoms with van der Waals surface area (Å²) in [6.07, 6.45) is 3.32. The second-order valence-corrected chi connectivity index (χ2v) is 14.6. The van der Waals surface area contributed by atoms with E-state index >= 15 is 0 Å². The van der Waals surface area contributed by atoms with Gasteiger partial charge in [0.05, 0.1) is 0 Å². The van der Waals surface area contributed by atoms with Gasteiger partial charge in [0.1, 0.15) is 0 Å². The molecule has 0 aliphatic carbocycles. The van der Waals surface area contributed by atoms with E-state index in [9.17, 15) is 13.2 Å². The van der Waals surface area contributed by atoms with Crippen molar-refractivity contribution in [2.45, 2.75) is 68.4 Å². The highest BCUT2D eigenvalue weighted by Gasteiger charge is 2.39. The molecule has 21 heavy (non-hydrogen) atoms. The Morgan fingerprint density at radius 3 is 2.19 bits per heavy atom. The number of hydrogen-bond acceptors (Lipinski definition) is 5. The van der Waals surface area contributed by atoms with Crippen LogP contribution in [0.5, 0.6) is 0 Å². The Kier molecular flexibility index (Phi) is 5.12. The van der Waals surface area contributed by atoms with Crippen LogP contribution in [0.4, 0.5) is 0 Å². The molecular formula is C13H26N2O3S2Si. The van der Waals surface area contributed by atoms with Crippen molar-refractivity contribution in [3.8, 4) is 0 Å². The Hall–Kier alpha value is -0.283. The van der Waals surface area contributed by atoms with E-state index in [1.54, 1.807) is 6.20 Å². The summed E-state index contributed by atoms with van der Waals surface area (Å²) in [5.74, 6) is 0. The summed E-state index contributed by atoms with van der Waals surface area (Å²) in [4.78, 5) is 15.2. The zero-order valence-electron chi connectivity index (χ0n) is 13.6. The lowest BCUT2D eigenvalue weighted by molar-refractivity contribution is 0.388. The third-order valence-electron chi connectivity index (χ3n) is 4.43. The maximum Gasteiger partial charge on any atom is 0.265 e. The minimum Gasteiger partial charge on any atom is -0.432 e. The van der Waals surface area contributed by atoms with Crippen LogP contribution < -0.4 is 5.14 Å². The molecule has 0 fully saturated rings. The summed E-state index contributed by atoms with van der Waals surface area (Å²) in [6, 6.07) is 0. The Balaban J connectivity index is 2.90. The molecule has 3 N–H and O–H groups in total. The van der Waals surface area contributed by atoms with Crippen molar-refractivity contribution in [3.05, 3.63) is 11.1 Å². The van der Waals surface area contributed by atoms with Gasteiger partial charge in [0.2, 0.25) is 4.34 Å². The Morgan fingerprint density at radius 2 is 1.81 bits per heavy atom. The SMILES string of the molecule is CC(C)(CCC(C)(C)[Si](C)(C)O)c1cnc(S(N)(=O)=O)s1. The van der Waals surface area contributed by atoms with Gasteiger partial charge in [-0.3, -0.25) is 0 Å². The van der Waals surface area contributed by atoms with Crippen LogP contribution in [0.15, 0.2) is 10.5 Å². The van der Waals surface area contributed by atoms with E-state index in [1.165, 1.54) is 0 Å². The maximum atomic E-state index is 11.3. The fourth-order valence-electron chi connectivity index (χ4n) is 1.76. The van der Waals surface area contributed by atoms with Crippen LogP contribution in [0, 0.1) is 0 Å². The third-order valence-corrected chi connectivity index (χ3v) is 10.7. The second-order valence-electron chi connectivity index (χ2n) is 7.36. The summed E-state index contributed by atoms with van der Waals surface area (Å²) in [5, 5.41) is 5.01. The van der Waals surface area contributed by atoms with Gasteiger partial charge in [-0.1, -0.05) is 27.7 Å². The standard InChI is InChI=1S/C13H26N2O3S2Si/c1-12(2,7-8-13(3,4)21(5,6)18)10-9-15-11(19-10)20(14,16)17/h9,18H,7-8H2,1-6H3,(H2,14,16,17). The molecule has 0 saturated heterocycles. The first-order chi connectivity index (χ1) is 9.17. The number of aromatic nitrogens is 1. The highest BCUT2D eigenvalue weighted by atomic mass is 32.2. The zero-order valence-corrected chi connectivity index (χ0v) is 16.2. The lowest BCUT2D eigenvalue weighted by Gasteiger charge is -2.37. The fraction of sp³-hybridized carbons (Fsp3) is 0.769. The summed E-state index contributed by atoms with van der Waals surface area (Å²) in [5.41, 5.74) is -0.197. The molecule has 0 bridgehead atoms. The van der Waals surface area contributed by atoms with Crippen molar-refractivity contribution in [3.63, 3.8) is 0 Å². The lowest BCUT2D eigenvalue weighted by Crippen LogP contribution is -2.39. The topological polar surface area (TPSA) is 93.3 Å². The summed E-state index contributed by atoms with van der Waals surface area (Å²) in [6.45, 7) is 12.2. The third kappa shape index (κ3) is 4.59. The Morgan fingerprint density at radius 1 is 1.29 bits per heavy atom. The summed E-state index contributed by atoms with van der Waals surface area (Å²) < 4.78 is 22.6. The van der Waals surface area contributed by atoms with Crippen molar-refractivity contribution in [2.24, 2.45) is 5.14 Å². The first-order valence-corrected chi connectivity index (χ1v) is 12.2. The van der Waals surface area contributed by atoms with Crippen LogP contribution in [0.2, 0.25) is 18.1 Å². The van der Waals surface area contributed by atoms with E-state index in [2.05, 4.69) is 32.7 Å². The fourth-order valence-corrected chi connectivity index (χ4v) is 4.20. The molecule has 8 heteroatoms. The number of thiazole rings is 1. The van der Waals surface area contributed by atoms with E-state index in [0.717, 1.165) is 29.1 Å². The Labute approximate surface area is 132 Å². The van der Waals surface area contributed by atoms with Crippen LogP contribution in [-0.2, 0) is 15.4 Å². The van der Waals surface area contributed by atoms with Gasteiger partial charge in [0.25, 0.3) is 10.0 Å². The lowest BCUT2D eigenvalue weighted by atomic mass is 9.84. The van der Waals surface area contributed by atoms with Crippen LogP contribution in [0.1, 0.15) is 45.4 Å². The number of sulfonamides is 1. The van der Waals surface area contributed by atoms with Crippen molar-refractivity contribution in [1.82, 2.24) is 4.98 Å². The van der Waals surface area contributed by atoms with Gasteiger partial charge in [-0.15, -0.1) is 11.3 Å². The van der Waals surface area contributed by atoms with Gasteiger partial charge in [0.15, 0.2) is 8.32 Å². The van der Waals surface area contributed by atoms with Crippen molar-refractivity contribution >= 4 is 29.7 Å². The molecule has 0 aromatic carbocycles. The van der Waals surface area contributed by atoms with Crippen molar-refractivity contribution in [2.75, 3.05) is 0 Å². The molecule has 0 saturated carbocycles. The molecular weight excluding hydrogens is 324 g/mol. The average molecular weight is 351 g/mol. The molecule has 5 nitrogen and oxygen atoms in total. The maximum absolute atomic E-state index is 11.3. The van der Waals surface area contributed by atoms with E-state index in [4.69, 9.17) is 5.14 Å². The number of rotatable bonds is 6. The van der Waals surface area contributed by atoms with Crippen molar-refractivity contribution < 1.29 is 13.2 Å². The minimum absolute atomic E-state index is 0.0401. The molecule has 0 aliphatic heterocycles. The molecule has 1 rings (SSSR count). The molecule has 0 spiro atoms. The van der Waals surface area contributed by atoms with Gasteiger partial charge >= 0.3 is 0 Å².